The van der Waals surface area contributed by atoms with Crippen LogP contribution in [0.15, 0.2) is 52.0 Å². The number of nitrogens with one attached hydrogen (secondary N) is 1. The predicted molar refractivity (Wildman–Crippen MR) is 80.7 cm³/mol. The van der Waals surface area contributed by atoms with Crippen molar-refractivity contribution in [1.82, 2.24) is 4.98 Å². The Hall–Kier alpha value is -1.81. The van der Waals surface area contributed by atoms with Gasteiger partial charge in [-0.25, -0.2) is 13.4 Å². The Morgan fingerprint density at radius 2 is 1.78 bits per heavy atom. The Kier molecular flexibility index (Phi) is 5.15. The number of sulfonamides is 1. The normalized spacial score (nSPS) is 12.0. The molecule has 0 radical (unpaired) electrons. The van der Waals surface area contributed by atoms with Gasteiger partial charge >= 0.3 is 6.18 Å². The van der Waals surface area contributed by atoms with E-state index >= 15 is 0 Å². The molecule has 0 saturated heterocycles. The van der Waals surface area contributed by atoms with Crippen molar-refractivity contribution in [1.29, 1.82) is 0 Å². The second-order valence-electron chi connectivity index (χ2n) is 4.35. The summed E-state index contributed by atoms with van der Waals surface area (Å²) in [6.45, 7) is -1.47. The van der Waals surface area contributed by atoms with Gasteiger partial charge in [-0.2, -0.15) is 13.2 Å². The molecule has 124 valence electrons. The van der Waals surface area contributed by atoms with E-state index in [1.54, 1.807) is 12.1 Å². The molecule has 5 nitrogen and oxygen atoms in total. The van der Waals surface area contributed by atoms with Crippen molar-refractivity contribution in [2.75, 3.05) is 11.3 Å². The van der Waals surface area contributed by atoms with E-state index in [9.17, 15) is 21.6 Å². The molecule has 0 saturated carbocycles. The summed E-state index contributed by atoms with van der Waals surface area (Å²) < 4.78 is 67.7. The van der Waals surface area contributed by atoms with Crippen LogP contribution in [0, 0.1) is 0 Å². The van der Waals surface area contributed by atoms with Crippen LogP contribution in [-0.2, 0) is 10.0 Å². The molecule has 0 atom stereocenters. The fraction of sp³-hybridized carbons (Fsp3) is 0.154. The Bertz CT molecular complexity index is 763. The number of ether oxygens (including phenoxy) is 1. The number of anilines is 1. The molecular weight excluding hydrogens is 401 g/mol. The van der Waals surface area contributed by atoms with Gasteiger partial charge in [-0.05, 0) is 30.3 Å². The third-order valence-corrected chi connectivity index (χ3v) is 4.42. The van der Waals surface area contributed by atoms with Crippen LogP contribution in [0.4, 0.5) is 18.9 Å². The van der Waals surface area contributed by atoms with Crippen molar-refractivity contribution in [3.8, 4) is 5.88 Å². The minimum atomic E-state index is -4.47. The van der Waals surface area contributed by atoms with Crippen LogP contribution in [0.3, 0.4) is 0 Å². The van der Waals surface area contributed by atoms with E-state index in [4.69, 9.17) is 0 Å². The first kappa shape index (κ1) is 17.5. The summed E-state index contributed by atoms with van der Waals surface area (Å²) >= 11 is 3.20. The first-order valence-electron chi connectivity index (χ1n) is 6.10. The summed E-state index contributed by atoms with van der Waals surface area (Å²) in [5.41, 5.74) is 0.104. The lowest BCUT2D eigenvalue weighted by atomic mass is 10.4. The summed E-state index contributed by atoms with van der Waals surface area (Å²) in [5.74, 6) is -0.256. The Balaban J connectivity index is 2.07. The zero-order valence-electron chi connectivity index (χ0n) is 11.3. The highest BCUT2D eigenvalue weighted by Crippen LogP contribution is 2.20. The number of rotatable bonds is 5. The molecule has 0 aliphatic carbocycles. The van der Waals surface area contributed by atoms with E-state index in [2.05, 4.69) is 30.4 Å². The minimum absolute atomic E-state index is 0.0399. The highest BCUT2D eigenvalue weighted by molar-refractivity contribution is 9.10. The van der Waals surface area contributed by atoms with E-state index in [-0.39, 0.29) is 16.5 Å². The Labute approximate surface area is 138 Å². The topological polar surface area (TPSA) is 68.3 Å². The molecule has 1 aromatic heterocycles. The summed E-state index contributed by atoms with van der Waals surface area (Å²) in [6, 6.07) is 8.35. The standard InChI is InChI=1S/C13H10BrF3N2O3S/c14-9-1-4-11(5-2-9)23(20,21)19-10-3-6-12(18-7-10)22-8-13(15,16)17/h1-7,19H,8H2. The highest BCUT2D eigenvalue weighted by Gasteiger charge is 2.28. The third-order valence-electron chi connectivity index (χ3n) is 2.50. The summed E-state index contributed by atoms with van der Waals surface area (Å²) in [5, 5.41) is 0. The molecule has 2 rings (SSSR count). The van der Waals surface area contributed by atoms with Gasteiger partial charge in [-0.3, -0.25) is 4.72 Å². The summed E-state index contributed by atoms with van der Waals surface area (Å²) in [6.07, 6.45) is -3.40. The number of nitrogens with zero attached hydrogens (tertiary/aromatic N) is 1. The van der Waals surface area contributed by atoms with Gasteiger partial charge in [0.2, 0.25) is 5.88 Å². The second-order valence-corrected chi connectivity index (χ2v) is 6.95. The number of hydrogen-bond donors (Lipinski definition) is 1. The van der Waals surface area contributed by atoms with Gasteiger partial charge in [0.25, 0.3) is 10.0 Å². The second kappa shape index (κ2) is 6.75. The fourth-order valence-electron chi connectivity index (χ4n) is 1.51. The molecule has 1 N–H and O–H groups in total. The number of alkyl halides is 3. The summed E-state index contributed by atoms with van der Waals surface area (Å²) in [4.78, 5) is 3.66. The molecule has 2 aromatic rings. The maximum Gasteiger partial charge on any atom is 0.422 e. The molecule has 0 unspecified atom stereocenters. The number of pyridine rings is 1. The quantitative estimate of drug-likeness (QED) is 0.817. The van der Waals surface area contributed by atoms with E-state index in [1.807, 2.05) is 0 Å². The number of aromatic nitrogens is 1. The minimum Gasteiger partial charge on any atom is -0.468 e. The molecule has 0 spiro atoms. The van der Waals surface area contributed by atoms with Crippen molar-refractivity contribution in [3.63, 3.8) is 0 Å². The first-order valence-corrected chi connectivity index (χ1v) is 8.37. The average Bonchev–Trinajstić information content (AvgIpc) is 2.46. The van der Waals surface area contributed by atoms with Crippen LogP contribution < -0.4 is 9.46 Å². The zero-order chi connectivity index (χ0) is 17.1. The van der Waals surface area contributed by atoms with Gasteiger partial charge in [-0.15, -0.1) is 0 Å². The SMILES string of the molecule is O=S(=O)(Nc1ccc(OCC(F)(F)F)nc1)c1ccc(Br)cc1. The maximum absolute atomic E-state index is 12.1. The lowest BCUT2D eigenvalue weighted by Crippen LogP contribution is -2.19. The molecular formula is C13H10BrF3N2O3S. The van der Waals surface area contributed by atoms with E-state index in [0.717, 1.165) is 16.7 Å². The highest BCUT2D eigenvalue weighted by atomic mass is 79.9. The average molecular weight is 411 g/mol. The Morgan fingerprint density at radius 1 is 1.13 bits per heavy atom. The molecule has 0 amide bonds. The molecule has 0 bridgehead atoms. The largest absolute Gasteiger partial charge is 0.468 e. The molecule has 0 aliphatic heterocycles. The van der Waals surface area contributed by atoms with Crippen LogP contribution in [0.25, 0.3) is 0 Å². The van der Waals surface area contributed by atoms with E-state index in [0.29, 0.717) is 0 Å². The molecule has 10 heteroatoms. The van der Waals surface area contributed by atoms with E-state index < -0.39 is 22.8 Å². The molecule has 1 heterocycles. The van der Waals surface area contributed by atoms with Gasteiger partial charge < -0.3 is 4.74 Å². The monoisotopic (exact) mass is 410 g/mol. The third kappa shape index (κ3) is 5.39. The lowest BCUT2D eigenvalue weighted by molar-refractivity contribution is -0.154. The van der Waals surface area contributed by atoms with Crippen LogP contribution >= 0.6 is 15.9 Å². The van der Waals surface area contributed by atoms with Crippen molar-refractivity contribution < 1.29 is 26.3 Å². The lowest BCUT2D eigenvalue weighted by Gasteiger charge is -2.10. The van der Waals surface area contributed by atoms with Gasteiger partial charge in [0.15, 0.2) is 6.61 Å². The van der Waals surface area contributed by atoms with Crippen molar-refractivity contribution >= 4 is 31.6 Å². The van der Waals surface area contributed by atoms with Crippen molar-refractivity contribution in [2.45, 2.75) is 11.1 Å². The molecule has 1 aromatic carbocycles. The van der Waals surface area contributed by atoms with Crippen LogP contribution in [0.5, 0.6) is 5.88 Å². The van der Waals surface area contributed by atoms with Crippen molar-refractivity contribution in [3.05, 3.63) is 47.1 Å². The van der Waals surface area contributed by atoms with Gasteiger partial charge in [0, 0.05) is 10.5 Å². The van der Waals surface area contributed by atoms with Crippen LogP contribution in [0.1, 0.15) is 0 Å². The Morgan fingerprint density at radius 3 is 2.30 bits per heavy atom. The first-order chi connectivity index (χ1) is 10.7. The fourth-order valence-corrected chi connectivity index (χ4v) is 2.82. The predicted octanol–water partition coefficient (Wildman–Crippen LogP) is 3.59. The number of benzene rings is 1. The molecule has 23 heavy (non-hydrogen) atoms. The van der Waals surface area contributed by atoms with Gasteiger partial charge in [0.05, 0.1) is 16.8 Å². The van der Waals surface area contributed by atoms with Crippen molar-refractivity contribution in [2.24, 2.45) is 0 Å². The zero-order valence-corrected chi connectivity index (χ0v) is 13.7. The number of halogens is 4. The number of hydrogen-bond acceptors (Lipinski definition) is 4. The molecule has 0 aliphatic rings. The molecule has 0 fully saturated rings. The maximum atomic E-state index is 12.1. The van der Waals surface area contributed by atoms with Gasteiger partial charge in [0.1, 0.15) is 0 Å². The van der Waals surface area contributed by atoms with Gasteiger partial charge in [-0.1, -0.05) is 15.9 Å². The smallest absolute Gasteiger partial charge is 0.422 e. The van der Waals surface area contributed by atoms with E-state index in [1.165, 1.54) is 18.2 Å². The summed E-state index contributed by atoms with van der Waals surface area (Å²) in [7, 11) is -3.81. The van der Waals surface area contributed by atoms with Crippen LogP contribution in [-0.4, -0.2) is 26.2 Å². The van der Waals surface area contributed by atoms with Crippen LogP contribution in [0.2, 0.25) is 0 Å².